The average Bonchev–Trinajstić information content (AvgIpc) is 2.66. The van der Waals surface area contributed by atoms with Gasteiger partial charge in [0, 0.05) is 16.1 Å². The molecule has 0 fully saturated rings. The lowest BCUT2D eigenvalue weighted by atomic mass is 10.1. The summed E-state index contributed by atoms with van der Waals surface area (Å²) >= 11 is 3.23. The van der Waals surface area contributed by atoms with Crippen molar-refractivity contribution in [3.8, 4) is 0 Å². The molecule has 1 aliphatic rings. The Morgan fingerprint density at radius 1 is 1.05 bits per heavy atom. The number of carbonyl (C=O) groups excluding carboxylic acids is 2. The molecular weight excluding hydrogens is 344 g/mol. The van der Waals surface area contributed by atoms with E-state index in [1.165, 1.54) is 11.0 Å². The van der Waals surface area contributed by atoms with E-state index in [2.05, 4.69) is 15.9 Å². The van der Waals surface area contributed by atoms with Crippen LogP contribution in [0.2, 0.25) is 0 Å². The fourth-order valence-corrected chi connectivity index (χ4v) is 2.61. The molecule has 0 aliphatic carbocycles. The van der Waals surface area contributed by atoms with E-state index in [1.807, 2.05) is 0 Å². The predicted octanol–water partition coefficient (Wildman–Crippen LogP) is 3.46. The van der Waals surface area contributed by atoms with Crippen molar-refractivity contribution in [1.82, 2.24) is 0 Å². The molecule has 6 heteroatoms. The van der Waals surface area contributed by atoms with Gasteiger partial charge in [-0.15, -0.1) is 0 Å². The van der Waals surface area contributed by atoms with Crippen LogP contribution in [0, 0.1) is 11.6 Å². The number of halogens is 3. The van der Waals surface area contributed by atoms with Crippen molar-refractivity contribution < 1.29 is 18.4 Å². The maximum atomic E-state index is 13.7. The van der Waals surface area contributed by atoms with Crippen LogP contribution in [-0.4, -0.2) is 11.7 Å². The van der Waals surface area contributed by atoms with Gasteiger partial charge < -0.3 is 4.90 Å². The summed E-state index contributed by atoms with van der Waals surface area (Å²) in [6.07, 6.45) is 0. The third-order valence-corrected chi connectivity index (χ3v) is 3.77. The zero-order chi connectivity index (χ0) is 15.1. The van der Waals surface area contributed by atoms with Crippen LogP contribution < -0.4 is 4.90 Å². The molecule has 0 spiro atoms. The highest BCUT2D eigenvalue weighted by Crippen LogP contribution is 2.32. The summed E-state index contributed by atoms with van der Waals surface area (Å²) in [6.45, 7) is -0.120. The van der Waals surface area contributed by atoms with E-state index in [-0.39, 0.29) is 17.7 Å². The molecule has 0 N–H and O–H groups in total. The van der Waals surface area contributed by atoms with Crippen molar-refractivity contribution in [2.24, 2.45) is 0 Å². The molecule has 106 valence electrons. The summed E-state index contributed by atoms with van der Waals surface area (Å²) < 4.78 is 27.3. The van der Waals surface area contributed by atoms with E-state index in [9.17, 15) is 18.4 Å². The van der Waals surface area contributed by atoms with Crippen LogP contribution >= 0.6 is 15.9 Å². The molecule has 1 heterocycles. The fourth-order valence-electron chi connectivity index (χ4n) is 2.25. The van der Waals surface area contributed by atoms with Crippen LogP contribution in [0.1, 0.15) is 15.9 Å². The van der Waals surface area contributed by atoms with Gasteiger partial charge in [0.05, 0.1) is 17.8 Å². The summed E-state index contributed by atoms with van der Waals surface area (Å²) in [5.74, 6) is -2.79. The normalized spacial score (nSPS) is 13.8. The molecule has 3 nitrogen and oxygen atoms in total. The Hall–Kier alpha value is -2.08. The van der Waals surface area contributed by atoms with Gasteiger partial charge in [0.25, 0.3) is 11.7 Å². The standard InChI is InChI=1S/C15H8BrF2NO2/c16-9-2-4-13-11(5-9)14(20)15(21)19(13)7-8-1-3-10(17)6-12(8)18/h1-6H,7H2. The van der Waals surface area contributed by atoms with Gasteiger partial charge in [0.2, 0.25) is 0 Å². The van der Waals surface area contributed by atoms with Gasteiger partial charge in [-0.1, -0.05) is 22.0 Å². The van der Waals surface area contributed by atoms with Gasteiger partial charge >= 0.3 is 0 Å². The molecule has 0 aromatic heterocycles. The molecule has 0 unspecified atom stereocenters. The predicted molar refractivity (Wildman–Crippen MR) is 76.0 cm³/mol. The lowest BCUT2D eigenvalue weighted by molar-refractivity contribution is -0.114. The summed E-state index contributed by atoms with van der Waals surface area (Å²) in [5, 5.41) is 0. The highest BCUT2D eigenvalue weighted by atomic mass is 79.9. The Morgan fingerprint density at radius 3 is 2.52 bits per heavy atom. The molecular formula is C15H8BrF2NO2. The van der Waals surface area contributed by atoms with Gasteiger partial charge in [-0.25, -0.2) is 8.78 Å². The lowest BCUT2D eigenvalue weighted by Gasteiger charge is -2.17. The second kappa shape index (κ2) is 5.04. The van der Waals surface area contributed by atoms with Crippen molar-refractivity contribution in [1.29, 1.82) is 0 Å². The first kappa shape index (κ1) is 13.9. The van der Waals surface area contributed by atoms with Gasteiger partial charge in [-0.3, -0.25) is 9.59 Å². The average molecular weight is 352 g/mol. The zero-order valence-electron chi connectivity index (χ0n) is 10.6. The molecule has 0 saturated carbocycles. The van der Waals surface area contributed by atoms with E-state index in [1.54, 1.807) is 18.2 Å². The minimum atomic E-state index is -0.749. The number of carbonyl (C=O) groups is 2. The smallest absolute Gasteiger partial charge is 0.299 e. The zero-order valence-corrected chi connectivity index (χ0v) is 12.2. The minimum Gasteiger partial charge on any atom is -0.300 e. The topological polar surface area (TPSA) is 37.4 Å². The van der Waals surface area contributed by atoms with Crippen LogP contribution in [-0.2, 0) is 11.3 Å². The van der Waals surface area contributed by atoms with Crippen LogP contribution in [0.3, 0.4) is 0 Å². The Bertz CT molecular complexity index is 776. The van der Waals surface area contributed by atoms with E-state index in [0.29, 0.717) is 10.2 Å². The number of fused-ring (bicyclic) bond motifs is 1. The minimum absolute atomic E-state index is 0.120. The number of ketones is 1. The molecule has 1 aliphatic heterocycles. The van der Waals surface area contributed by atoms with Crippen LogP contribution in [0.4, 0.5) is 14.5 Å². The quantitative estimate of drug-likeness (QED) is 0.777. The molecule has 2 aromatic rings. The largest absolute Gasteiger partial charge is 0.300 e. The number of hydrogen-bond acceptors (Lipinski definition) is 2. The highest BCUT2D eigenvalue weighted by Gasteiger charge is 2.36. The molecule has 2 aromatic carbocycles. The molecule has 0 bridgehead atoms. The first-order valence-electron chi connectivity index (χ1n) is 6.07. The van der Waals surface area contributed by atoms with Gasteiger partial charge in [-0.05, 0) is 24.3 Å². The number of benzene rings is 2. The number of hydrogen-bond donors (Lipinski definition) is 0. The van der Waals surface area contributed by atoms with Crippen molar-refractivity contribution in [3.63, 3.8) is 0 Å². The fraction of sp³-hybridized carbons (Fsp3) is 0.0667. The Morgan fingerprint density at radius 2 is 1.81 bits per heavy atom. The molecule has 0 atom stereocenters. The summed E-state index contributed by atoms with van der Waals surface area (Å²) in [6, 6.07) is 7.99. The van der Waals surface area contributed by atoms with Crippen LogP contribution in [0.25, 0.3) is 0 Å². The van der Waals surface area contributed by atoms with E-state index < -0.39 is 23.3 Å². The molecule has 0 radical (unpaired) electrons. The van der Waals surface area contributed by atoms with E-state index >= 15 is 0 Å². The number of rotatable bonds is 2. The van der Waals surface area contributed by atoms with Crippen LogP contribution in [0.5, 0.6) is 0 Å². The van der Waals surface area contributed by atoms with E-state index in [0.717, 1.165) is 12.1 Å². The van der Waals surface area contributed by atoms with Crippen molar-refractivity contribution >= 4 is 33.3 Å². The van der Waals surface area contributed by atoms with E-state index in [4.69, 9.17) is 0 Å². The monoisotopic (exact) mass is 351 g/mol. The SMILES string of the molecule is O=C1C(=O)N(Cc2ccc(F)cc2F)c2ccc(Br)cc21. The second-order valence-electron chi connectivity index (χ2n) is 4.62. The number of nitrogens with zero attached hydrogens (tertiary/aromatic N) is 1. The Balaban J connectivity index is 2.00. The highest BCUT2D eigenvalue weighted by molar-refractivity contribution is 9.10. The second-order valence-corrected chi connectivity index (χ2v) is 5.53. The first-order valence-corrected chi connectivity index (χ1v) is 6.86. The van der Waals surface area contributed by atoms with Gasteiger partial charge in [0.1, 0.15) is 11.6 Å². The van der Waals surface area contributed by atoms with Gasteiger partial charge in [-0.2, -0.15) is 0 Å². The molecule has 1 amide bonds. The van der Waals surface area contributed by atoms with Gasteiger partial charge in [0.15, 0.2) is 0 Å². The molecule has 3 rings (SSSR count). The maximum Gasteiger partial charge on any atom is 0.299 e. The number of anilines is 1. The third-order valence-electron chi connectivity index (χ3n) is 3.28. The lowest BCUT2D eigenvalue weighted by Crippen LogP contribution is -2.29. The number of amides is 1. The Labute approximate surface area is 127 Å². The first-order chi connectivity index (χ1) is 9.97. The molecule has 21 heavy (non-hydrogen) atoms. The number of Topliss-reactive ketones (excluding diaryl/α,β-unsaturated/α-hetero) is 1. The van der Waals surface area contributed by atoms with Crippen molar-refractivity contribution in [2.75, 3.05) is 4.90 Å². The third kappa shape index (κ3) is 2.35. The van der Waals surface area contributed by atoms with Crippen LogP contribution in [0.15, 0.2) is 40.9 Å². The summed E-state index contributed by atoms with van der Waals surface area (Å²) in [4.78, 5) is 25.1. The summed E-state index contributed by atoms with van der Waals surface area (Å²) in [7, 11) is 0. The molecule has 0 saturated heterocycles. The maximum absolute atomic E-state index is 13.7. The van der Waals surface area contributed by atoms with Crippen molar-refractivity contribution in [3.05, 3.63) is 63.6 Å². The summed E-state index contributed by atoms with van der Waals surface area (Å²) in [5.41, 5.74) is 0.849. The van der Waals surface area contributed by atoms with Crippen molar-refractivity contribution in [2.45, 2.75) is 6.54 Å². The Kier molecular flexibility index (Phi) is 3.33.